The lowest BCUT2D eigenvalue weighted by atomic mass is 10.2. The molecule has 1 rings (SSSR count). The molecule has 0 saturated carbocycles. The van der Waals surface area contributed by atoms with Crippen molar-refractivity contribution in [3.8, 4) is 0 Å². The highest BCUT2D eigenvalue weighted by Crippen LogP contribution is 2.36. The monoisotopic (exact) mass is 447 g/mol. The van der Waals surface area contributed by atoms with E-state index >= 15 is 0 Å². The van der Waals surface area contributed by atoms with Crippen LogP contribution in [-0.2, 0) is 14.3 Å². The van der Waals surface area contributed by atoms with Crippen molar-refractivity contribution >= 4 is 45.3 Å². The van der Waals surface area contributed by atoms with Crippen LogP contribution in [0.5, 0.6) is 0 Å². The van der Waals surface area contributed by atoms with E-state index in [2.05, 4.69) is 21.2 Å². The molecule has 0 aliphatic rings. The van der Waals surface area contributed by atoms with Gasteiger partial charge in [0.1, 0.15) is 11.1 Å². The average Bonchev–Trinajstić information content (AvgIpc) is 2.58. The van der Waals surface area contributed by atoms with Crippen LogP contribution in [0.3, 0.4) is 0 Å². The molecule has 0 aliphatic carbocycles. The first-order valence-electron chi connectivity index (χ1n) is 9.05. The third-order valence-corrected chi connectivity index (χ3v) is 5.82. The summed E-state index contributed by atoms with van der Waals surface area (Å²) in [6.07, 6.45) is 4.32. The van der Waals surface area contributed by atoms with Gasteiger partial charge in [0.25, 0.3) is 0 Å². The van der Waals surface area contributed by atoms with E-state index in [1.807, 2.05) is 20.8 Å². The normalized spacial score (nSPS) is 11.9. The molecular formula is C19H27BrFNO3S. The fourth-order valence-electron chi connectivity index (χ4n) is 2.21. The van der Waals surface area contributed by atoms with Crippen molar-refractivity contribution in [3.63, 3.8) is 0 Å². The molecule has 26 heavy (non-hydrogen) atoms. The SMILES string of the molecule is CCCCOC(=O)C(CCC)Sc1cc(NC(=O)CCC)c(F)cc1Br. The molecule has 146 valence electrons. The van der Waals surface area contributed by atoms with Crippen molar-refractivity contribution in [1.82, 2.24) is 0 Å². The van der Waals surface area contributed by atoms with Gasteiger partial charge in [-0.15, -0.1) is 11.8 Å². The van der Waals surface area contributed by atoms with Crippen molar-refractivity contribution in [2.24, 2.45) is 0 Å². The maximum atomic E-state index is 14.1. The van der Waals surface area contributed by atoms with E-state index in [4.69, 9.17) is 4.74 Å². The number of amides is 1. The molecule has 7 heteroatoms. The summed E-state index contributed by atoms with van der Waals surface area (Å²) in [5, 5.41) is 2.23. The highest BCUT2D eigenvalue weighted by molar-refractivity contribution is 9.10. The number of carbonyl (C=O) groups is 2. The van der Waals surface area contributed by atoms with Gasteiger partial charge in [-0.1, -0.05) is 33.6 Å². The van der Waals surface area contributed by atoms with Crippen LogP contribution in [-0.4, -0.2) is 23.7 Å². The maximum absolute atomic E-state index is 14.1. The van der Waals surface area contributed by atoms with Gasteiger partial charge >= 0.3 is 5.97 Å². The Morgan fingerprint density at radius 2 is 1.96 bits per heavy atom. The lowest BCUT2D eigenvalue weighted by molar-refractivity contribution is -0.143. The molecule has 0 radical (unpaired) electrons. The molecule has 1 aromatic carbocycles. The van der Waals surface area contributed by atoms with Crippen molar-refractivity contribution in [2.45, 2.75) is 69.4 Å². The minimum absolute atomic E-state index is 0.128. The number of thioether (sulfide) groups is 1. The number of esters is 1. The second kappa shape index (κ2) is 12.3. The van der Waals surface area contributed by atoms with Crippen LogP contribution in [0.25, 0.3) is 0 Å². The molecule has 0 saturated heterocycles. The first-order chi connectivity index (χ1) is 12.4. The second-order valence-electron chi connectivity index (χ2n) is 5.98. The Bertz CT molecular complexity index is 613. The van der Waals surface area contributed by atoms with Crippen LogP contribution >= 0.6 is 27.7 Å². The van der Waals surface area contributed by atoms with Gasteiger partial charge in [0.2, 0.25) is 5.91 Å². The molecule has 1 amide bonds. The van der Waals surface area contributed by atoms with Crippen LogP contribution in [0, 0.1) is 5.82 Å². The Labute approximate surface area is 167 Å². The van der Waals surface area contributed by atoms with Crippen LogP contribution in [0.1, 0.15) is 59.3 Å². The van der Waals surface area contributed by atoms with Gasteiger partial charge in [0.15, 0.2) is 0 Å². The zero-order valence-electron chi connectivity index (χ0n) is 15.6. The van der Waals surface area contributed by atoms with E-state index < -0.39 is 5.82 Å². The van der Waals surface area contributed by atoms with E-state index in [0.717, 1.165) is 19.3 Å². The van der Waals surface area contributed by atoms with Gasteiger partial charge in [-0.05, 0) is 47.3 Å². The number of hydrogen-bond acceptors (Lipinski definition) is 4. The molecule has 1 atom stereocenters. The number of benzene rings is 1. The smallest absolute Gasteiger partial charge is 0.319 e. The predicted octanol–water partition coefficient (Wildman–Crippen LogP) is 5.93. The first kappa shape index (κ1) is 23.0. The predicted molar refractivity (Wildman–Crippen MR) is 108 cm³/mol. The van der Waals surface area contributed by atoms with Crippen LogP contribution in [0.15, 0.2) is 21.5 Å². The van der Waals surface area contributed by atoms with Crippen LogP contribution in [0.2, 0.25) is 0 Å². The third kappa shape index (κ3) is 7.66. The van der Waals surface area contributed by atoms with Crippen molar-refractivity contribution in [2.75, 3.05) is 11.9 Å². The number of unbranched alkanes of at least 4 members (excludes halogenated alkanes) is 1. The van der Waals surface area contributed by atoms with Gasteiger partial charge in [-0.2, -0.15) is 0 Å². The van der Waals surface area contributed by atoms with Gasteiger partial charge < -0.3 is 10.1 Å². The lowest BCUT2D eigenvalue weighted by Gasteiger charge is -2.17. The summed E-state index contributed by atoms with van der Waals surface area (Å²) >= 11 is 4.68. The van der Waals surface area contributed by atoms with Crippen LogP contribution < -0.4 is 5.32 Å². The summed E-state index contributed by atoms with van der Waals surface area (Å²) in [5.74, 6) is -0.991. The maximum Gasteiger partial charge on any atom is 0.319 e. The lowest BCUT2D eigenvalue weighted by Crippen LogP contribution is -2.21. The fourth-order valence-corrected chi connectivity index (χ4v) is 3.98. The number of rotatable bonds is 11. The molecule has 0 fully saturated rings. The molecule has 1 unspecified atom stereocenters. The second-order valence-corrected chi connectivity index (χ2v) is 8.08. The van der Waals surface area contributed by atoms with Crippen LogP contribution in [0.4, 0.5) is 10.1 Å². The Balaban J connectivity index is 2.92. The quantitative estimate of drug-likeness (QED) is 0.259. The van der Waals surface area contributed by atoms with Gasteiger partial charge in [0, 0.05) is 15.8 Å². The number of halogens is 2. The number of nitrogens with one attached hydrogen (secondary N) is 1. The molecule has 0 aliphatic heterocycles. The highest BCUT2D eigenvalue weighted by Gasteiger charge is 2.23. The molecule has 4 nitrogen and oxygen atoms in total. The van der Waals surface area contributed by atoms with E-state index in [-0.39, 0.29) is 22.8 Å². The molecule has 1 N–H and O–H groups in total. The molecule has 0 bridgehead atoms. The summed E-state index contributed by atoms with van der Waals surface area (Å²) in [5.41, 5.74) is 0.128. The van der Waals surface area contributed by atoms with E-state index in [0.29, 0.717) is 35.2 Å². The van der Waals surface area contributed by atoms with E-state index in [1.165, 1.54) is 17.8 Å². The third-order valence-electron chi connectivity index (χ3n) is 3.60. The van der Waals surface area contributed by atoms with E-state index in [9.17, 15) is 14.0 Å². The Kier molecular flexibility index (Phi) is 10.9. The Morgan fingerprint density at radius 3 is 2.58 bits per heavy atom. The molecule has 0 aromatic heterocycles. The number of carbonyl (C=O) groups excluding carboxylic acids is 2. The number of hydrogen-bond donors (Lipinski definition) is 1. The number of anilines is 1. The first-order valence-corrected chi connectivity index (χ1v) is 10.7. The summed E-state index contributed by atoms with van der Waals surface area (Å²) in [7, 11) is 0. The molecular weight excluding hydrogens is 421 g/mol. The summed E-state index contributed by atoms with van der Waals surface area (Å²) in [6, 6.07) is 2.88. The minimum atomic E-state index is -0.511. The molecule has 0 heterocycles. The fraction of sp³-hybridized carbons (Fsp3) is 0.579. The molecule has 1 aromatic rings. The van der Waals surface area contributed by atoms with Crippen molar-refractivity contribution in [1.29, 1.82) is 0 Å². The van der Waals surface area contributed by atoms with E-state index in [1.54, 1.807) is 6.07 Å². The Hall–Kier alpha value is -1.08. The van der Waals surface area contributed by atoms with Crippen molar-refractivity contribution in [3.05, 3.63) is 22.4 Å². The van der Waals surface area contributed by atoms with Crippen molar-refractivity contribution < 1.29 is 18.7 Å². The average molecular weight is 448 g/mol. The standard InChI is InChI=1S/C19H27BrFNO3S/c1-4-7-10-25-19(24)16(8-5-2)26-17-12-15(14(21)11-13(17)20)22-18(23)9-6-3/h11-12,16H,4-10H2,1-3H3,(H,22,23). The minimum Gasteiger partial charge on any atom is -0.465 e. The highest BCUT2D eigenvalue weighted by atomic mass is 79.9. The summed E-state index contributed by atoms with van der Waals surface area (Å²) in [6.45, 7) is 6.34. The Morgan fingerprint density at radius 1 is 1.23 bits per heavy atom. The zero-order chi connectivity index (χ0) is 19.5. The largest absolute Gasteiger partial charge is 0.465 e. The number of ether oxygens (including phenoxy) is 1. The van der Waals surface area contributed by atoms with Gasteiger partial charge in [0.05, 0.1) is 12.3 Å². The van der Waals surface area contributed by atoms with Gasteiger partial charge in [-0.25, -0.2) is 4.39 Å². The summed E-state index contributed by atoms with van der Waals surface area (Å²) in [4.78, 5) is 24.8. The molecule has 0 spiro atoms. The summed E-state index contributed by atoms with van der Waals surface area (Å²) < 4.78 is 20.0. The topological polar surface area (TPSA) is 55.4 Å². The van der Waals surface area contributed by atoms with Gasteiger partial charge in [-0.3, -0.25) is 9.59 Å². The zero-order valence-corrected chi connectivity index (χ0v) is 18.0.